The predicted molar refractivity (Wildman–Crippen MR) is 134 cm³/mol. The second-order valence-electron chi connectivity index (χ2n) is 7.87. The first-order valence-electron chi connectivity index (χ1n) is 11.4. The summed E-state index contributed by atoms with van der Waals surface area (Å²) in [4.78, 5) is 11.0. The average molecular weight is 428 g/mol. The molecule has 0 saturated carbocycles. The van der Waals surface area contributed by atoms with Gasteiger partial charge in [-0.25, -0.2) is 0 Å². The second kappa shape index (κ2) is 11.8. The third-order valence-corrected chi connectivity index (χ3v) is 5.14. The number of hydrogen-bond acceptors (Lipinski definition) is 4. The van der Waals surface area contributed by atoms with E-state index in [1.807, 2.05) is 50.4 Å². The number of nitrogens with zero attached hydrogens (tertiary/aromatic N) is 3. The minimum atomic E-state index is 0.906. The molecule has 32 heavy (non-hydrogen) atoms. The standard InChI is InChI=1S/C22H26N2O.C6H7N/c1-4-15-24(16-5-2)20-7-6-14-23-22(20)19-11-9-18(10-12-19)21-13-8-17(3)25-21;1-6-2-4-7-5-3-6/h6-14H,4-5,15-16H2,1-3H3;2-5H,1H3. The molecule has 0 saturated heterocycles. The topological polar surface area (TPSA) is 42.2 Å². The van der Waals surface area contributed by atoms with Gasteiger partial charge in [0.05, 0.1) is 11.4 Å². The van der Waals surface area contributed by atoms with E-state index < -0.39 is 0 Å². The van der Waals surface area contributed by atoms with E-state index in [1.165, 1.54) is 11.3 Å². The van der Waals surface area contributed by atoms with E-state index in [-0.39, 0.29) is 0 Å². The van der Waals surface area contributed by atoms with Crippen LogP contribution in [0, 0.1) is 13.8 Å². The van der Waals surface area contributed by atoms with Crippen molar-refractivity contribution in [3.63, 3.8) is 0 Å². The van der Waals surface area contributed by atoms with Gasteiger partial charge in [0.2, 0.25) is 0 Å². The molecule has 0 fully saturated rings. The van der Waals surface area contributed by atoms with Crippen LogP contribution in [-0.4, -0.2) is 23.1 Å². The summed E-state index contributed by atoms with van der Waals surface area (Å²) in [7, 11) is 0. The van der Waals surface area contributed by atoms with Crippen molar-refractivity contribution in [3.05, 3.63) is 90.6 Å². The highest BCUT2D eigenvalue weighted by Gasteiger charge is 2.13. The Kier molecular flexibility index (Phi) is 8.61. The molecular weight excluding hydrogens is 394 g/mol. The van der Waals surface area contributed by atoms with Gasteiger partial charge in [0.15, 0.2) is 0 Å². The summed E-state index contributed by atoms with van der Waals surface area (Å²) in [6.45, 7) is 10.6. The first-order chi connectivity index (χ1) is 15.6. The van der Waals surface area contributed by atoms with Crippen molar-refractivity contribution in [3.8, 4) is 22.6 Å². The van der Waals surface area contributed by atoms with Crippen molar-refractivity contribution >= 4 is 5.69 Å². The zero-order chi connectivity index (χ0) is 22.8. The molecule has 166 valence electrons. The fraction of sp³-hybridized carbons (Fsp3) is 0.286. The Morgan fingerprint density at radius 3 is 1.94 bits per heavy atom. The Morgan fingerprint density at radius 2 is 1.41 bits per heavy atom. The van der Waals surface area contributed by atoms with Crippen LogP contribution >= 0.6 is 0 Å². The van der Waals surface area contributed by atoms with Crippen LogP contribution in [0.3, 0.4) is 0 Å². The molecule has 4 heteroatoms. The van der Waals surface area contributed by atoms with Crippen LogP contribution in [0.2, 0.25) is 0 Å². The largest absolute Gasteiger partial charge is 0.461 e. The van der Waals surface area contributed by atoms with E-state index in [9.17, 15) is 0 Å². The first kappa shape index (κ1) is 23.3. The molecule has 3 aromatic heterocycles. The van der Waals surface area contributed by atoms with Gasteiger partial charge < -0.3 is 9.32 Å². The number of hydrogen-bond donors (Lipinski definition) is 0. The number of pyridine rings is 2. The van der Waals surface area contributed by atoms with E-state index in [1.54, 1.807) is 12.4 Å². The molecule has 0 spiro atoms. The highest BCUT2D eigenvalue weighted by atomic mass is 16.3. The molecule has 4 nitrogen and oxygen atoms in total. The third kappa shape index (κ3) is 6.30. The molecule has 0 radical (unpaired) electrons. The quantitative estimate of drug-likeness (QED) is 0.309. The zero-order valence-corrected chi connectivity index (χ0v) is 19.6. The van der Waals surface area contributed by atoms with Gasteiger partial charge in [0.1, 0.15) is 11.5 Å². The van der Waals surface area contributed by atoms with Gasteiger partial charge in [-0.05, 0) is 68.7 Å². The van der Waals surface area contributed by atoms with Crippen LogP contribution in [0.5, 0.6) is 0 Å². The molecule has 0 aliphatic carbocycles. The van der Waals surface area contributed by atoms with Crippen LogP contribution in [0.1, 0.15) is 38.0 Å². The molecular formula is C28H33N3O. The van der Waals surface area contributed by atoms with E-state index in [4.69, 9.17) is 4.42 Å². The Labute approximate surface area is 192 Å². The van der Waals surface area contributed by atoms with Gasteiger partial charge in [-0.15, -0.1) is 0 Å². The summed E-state index contributed by atoms with van der Waals surface area (Å²) in [6, 6.07) is 20.6. The molecule has 1 aromatic carbocycles. The van der Waals surface area contributed by atoms with Crippen LogP contribution in [-0.2, 0) is 0 Å². The number of anilines is 1. The fourth-order valence-corrected chi connectivity index (χ4v) is 3.58. The molecule has 0 unspecified atom stereocenters. The van der Waals surface area contributed by atoms with Crippen molar-refractivity contribution in [2.75, 3.05) is 18.0 Å². The molecule has 3 heterocycles. The Balaban J connectivity index is 0.000000352. The molecule has 0 amide bonds. The lowest BCUT2D eigenvalue weighted by Crippen LogP contribution is -2.25. The van der Waals surface area contributed by atoms with Crippen LogP contribution < -0.4 is 4.90 Å². The second-order valence-corrected chi connectivity index (χ2v) is 7.87. The van der Waals surface area contributed by atoms with Gasteiger partial charge in [0, 0.05) is 42.8 Å². The van der Waals surface area contributed by atoms with Crippen molar-refractivity contribution in [2.24, 2.45) is 0 Å². The smallest absolute Gasteiger partial charge is 0.134 e. The summed E-state index contributed by atoms with van der Waals surface area (Å²) in [5.41, 5.74) is 5.75. The van der Waals surface area contributed by atoms with Gasteiger partial charge in [-0.1, -0.05) is 38.1 Å². The lowest BCUT2D eigenvalue weighted by atomic mass is 10.1. The van der Waals surface area contributed by atoms with Crippen molar-refractivity contribution < 1.29 is 4.42 Å². The maximum absolute atomic E-state index is 5.72. The summed E-state index contributed by atoms with van der Waals surface area (Å²) in [5.74, 6) is 1.84. The van der Waals surface area contributed by atoms with Crippen LogP contribution in [0.25, 0.3) is 22.6 Å². The zero-order valence-electron chi connectivity index (χ0n) is 19.6. The number of aryl methyl sites for hydroxylation is 2. The summed E-state index contributed by atoms with van der Waals surface area (Å²) in [6.07, 6.45) is 7.71. The van der Waals surface area contributed by atoms with E-state index >= 15 is 0 Å². The SMILES string of the molecule is CCCN(CCC)c1cccnc1-c1ccc(-c2ccc(C)o2)cc1.Cc1ccncc1. The highest BCUT2D eigenvalue weighted by molar-refractivity contribution is 5.76. The molecule has 0 aliphatic heterocycles. The Bertz CT molecular complexity index is 1070. The lowest BCUT2D eigenvalue weighted by Gasteiger charge is -2.25. The predicted octanol–water partition coefficient (Wildman–Crippen LogP) is 7.33. The number of aromatic nitrogens is 2. The molecule has 0 aliphatic rings. The van der Waals surface area contributed by atoms with Gasteiger partial charge in [-0.3, -0.25) is 9.97 Å². The third-order valence-electron chi connectivity index (χ3n) is 5.14. The number of furan rings is 1. The van der Waals surface area contributed by atoms with E-state index in [0.29, 0.717) is 0 Å². The molecule has 0 N–H and O–H groups in total. The summed E-state index contributed by atoms with van der Waals surface area (Å²) >= 11 is 0. The molecule has 0 atom stereocenters. The fourth-order valence-electron chi connectivity index (χ4n) is 3.58. The van der Waals surface area contributed by atoms with Crippen molar-refractivity contribution in [1.82, 2.24) is 9.97 Å². The maximum atomic E-state index is 5.72. The van der Waals surface area contributed by atoms with E-state index in [0.717, 1.165) is 54.3 Å². The van der Waals surface area contributed by atoms with E-state index in [2.05, 4.69) is 59.0 Å². The molecule has 4 aromatic rings. The Hall–Kier alpha value is -3.40. The minimum Gasteiger partial charge on any atom is -0.461 e. The van der Waals surface area contributed by atoms with Gasteiger partial charge in [-0.2, -0.15) is 0 Å². The minimum absolute atomic E-state index is 0.906. The van der Waals surface area contributed by atoms with Gasteiger partial charge in [0.25, 0.3) is 0 Å². The lowest BCUT2D eigenvalue weighted by molar-refractivity contribution is 0.548. The highest BCUT2D eigenvalue weighted by Crippen LogP contribution is 2.31. The van der Waals surface area contributed by atoms with Crippen molar-refractivity contribution in [1.29, 1.82) is 0 Å². The normalized spacial score (nSPS) is 10.4. The molecule has 0 bridgehead atoms. The van der Waals surface area contributed by atoms with Crippen LogP contribution in [0.15, 0.2) is 83.7 Å². The summed E-state index contributed by atoms with van der Waals surface area (Å²) in [5, 5.41) is 0. The monoisotopic (exact) mass is 427 g/mol. The first-order valence-corrected chi connectivity index (χ1v) is 11.4. The maximum Gasteiger partial charge on any atom is 0.134 e. The number of benzene rings is 1. The number of rotatable bonds is 7. The van der Waals surface area contributed by atoms with Crippen LogP contribution in [0.4, 0.5) is 5.69 Å². The summed E-state index contributed by atoms with van der Waals surface area (Å²) < 4.78 is 5.72. The molecule has 4 rings (SSSR count). The van der Waals surface area contributed by atoms with Crippen molar-refractivity contribution in [2.45, 2.75) is 40.5 Å². The Morgan fingerprint density at radius 1 is 0.750 bits per heavy atom. The average Bonchev–Trinajstić information content (AvgIpc) is 3.26. The van der Waals surface area contributed by atoms with Gasteiger partial charge >= 0.3 is 0 Å².